The summed E-state index contributed by atoms with van der Waals surface area (Å²) in [5, 5.41) is -1.03. The van der Waals surface area contributed by atoms with Gasteiger partial charge in [-0.05, 0) is 40.9 Å². The summed E-state index contributed by atoms with van der Waals surface area (Å²) in [4.78, 5) is 51.6. The largest absolute Gasteiger partial charge is 0.468 e. The molecule has 6 nitrogen and oxygen atoms in total. The van der Waals surface area contributed by atoms with Crippen LogP contribution in [0, 0.1) is 0 Å². The summed E-state index contributed by atoms with van der Waals surface area (Å²) in [6.07, 6.45) is -5.41. The average Bonchev–Trinajstić information content (AvgIpc) is 2.73. The Labute approximate surface area is 179 Å². The molecule has 0 aromatic heterocycles. The van der Waals surface area contributed by atoms with Crippen molar-refractivity contribution in [3.8, 4) is 0 Å². The number of nitrogens with zero attached hydrogens (tertiary/aromatic N) is 1. The van der Waals surface area contributed by atoms with Crippen molar-refractivity contribution in [3.05, 3.63) is 70.8 Å². The first-order valence-electron chi connectivity index (χ1n) is 8.91. The van der Waals surface area contributed by atoms with Gasteiger partial charge in [0.05, 0.1) is 25.6 Å². The van der Waals surface area contributed by atoms with E-state index in [1.807, 2.05) is 0 Å². The van der Waals surface area contributed by atoms with Gasteiger partial charge in [0.25, 0.3) is 11.8 Å². The lowest BCUT2D eigenvalue weighted by molar-refractivity contribution is -0.157. The normalized spacial score (nSPS) is 18.5. The number of hydrogen-bond donors (Lipinski definition) is 0. The monoisotopic (exact) mass is 453 g/mol. The van der Waals surface area contributed by atoms with Gasteiger partial charge in [-0.2, -0.15) is 13.2 Å². The Morgan fingerprint density at radius 1 is 1.10 bits per heavy atom. The second-order valence-corrected chi connectivity index (χ2v) is 7.29. The molecule has 3 rings (SSSR count). The maximum atomic E-state index is 13.4. The highest BCUT2D eigenvalue weighted by Gasteiger charge is 2.57. The molecule has 0 radical (unpaired) electrons. The number of alkyl halides is 3. The minimum absolute atomic E-state index is 0.00636. The lowest BCUT2D eigenvalue weighted by atomic mass is 9.71. The van der Waals surface area contributed by atoms with Gasteiger partial charge in [0.2, 0.25) is 5.24 Å². The molecular weight excluding hydrogens is 439 g/mol. The zero-order chi connectivity index (χ0) is 23.0. The first-order valence-corrected chi connectivity index (χ1v) is 9.29. The lowest BCUT2D eigenvalue weighted by Gasteiger charge is -2.39. The number of hydrogen-bond acceptors (Lipinski definition) is 5. The minimum Gasteiger partial charge on any atom is -0.468 e. The molecule has 0 aliphatic carbocycles. The topological polar surface area (TPSA) is 80.8 Å². The summed E-state index contributed by atoms with van der Waals surface area (Å²) < 4.78 is 43.9. The third-order valence-corrected chi connectivity index (χ3v) is 5.14. The Morgan fingerprint density at radius 3 is 2.39 bits per heavy atom. The van der Waals surface area contributed by atoms with Crippen molar-refractivity contribution in [2.45, 2.75) is 24.6 Å². The second-order valence-electron chi connectivity index (χ2n) is 6.87. The predicted molar refractivity (Wildman–Crippen MR) is 102 cm³/mol. The van der Waals surface area contributed by atoms with Gasteiger partial charge in [0, 0.05) is 5.56 Å². The van der Waals surface area contributed by atoms with Gasteiger partial charge >= 0.3 is 12.1 Å². The Morgan fingerprint density at radius 2 is 1.77 bits per heavy atom. The van der Waals surface area contributed by atoms with Crippen LogP contribution >= 0.6 is 11.6 Å². The molecule has 2 amide bonds. The van der Waals surface area contributed by atoms with Crippen LogP contribution in [0.3, 0.4) is 0 Å². The van der Waals surface area contributed by atoms with Crippen LogP contribution in [-0.4, -0.2) is 35.0 Å². The molecule has 2 aromatic rings. The molecule has 0 N–H and O–H groups in total. The molecule has 1 atom stereocenters. The van der Waals surface area contributed by atoms with Gasteiger partial charge in [-0.3, -0.25) is 24.1 Å². The van der Waals surface area contributed by atoms with E-state index in [9.17, 15) is 32.3 Å². The molecule has 0 bridgehead atoms. The van der Waals surface area contributed by atoms with Crippen molar-refractivity contribution >= 4 is 34.6 Å². The Bertz CT molecular complexity index is 1080. The van der Waals surface area contributed by atoms with Crippen LogP contribution in [0.1, 0.15) is 33.5 Å². The van der Waals surface area contributed by atoms with Crippen molar-refractivity contribution < 1.29 is 37.1 Å². The standard InChI is InChI=1S/C21H15ClF3NO5/c1-31-19(30)20(10-16(22)27)15-8-3-2-7-14(15)17(28)26(18(20)29)11-12-5-4-6-13(9-12)21(23,24)25/h2-9H,10-11H2,1H3. The van der Waals surface area contributed by atoms with Crippen molar-refractivity contribution in [3.63, 3.8) is 0 Å². The summed E-state index contributed by atoms with van der Waals surface area (Å²) >= 11 is 5.52. The summed E-state index contributed by atoms with van der Waals surface area (Å²) in [5.74, 6) is -3.03. The van der Waals surface area contributed by atoms with Crippen molar-refractivity contribution in [1.29, 1.82) is 0 Å². The second kappa shape index (κ2) is 8.14. The van der Waals surface area contributed by atoms with E-state index in [1.165, 1.54) is 30.3 Å². The van der Waals surface area contributed by atoms with Crippen LogP contribution in [0.15, 0.2) is 48.5 Å². The van der Waals surface area contributed by atoms with Crippen molar-refractivity contribution in [2.75, 3.05) is 7.11 Å². The van der Waals surface area contributed by atoms with Gasteiger partial charge < -0.3 is 4.74 Å². The van der Waals surface area contributed by atoms with Gasteiger partial charge in [-0.25, -0.2) is 0 Å². The first-order chi connectivity index (χ1) is 14.5. The van der Waals surface area contributed by atoms with E-state index in [-0.39, 0.29) is 16.7 Å². The molecule has 1 aliphatic rings. The third kappa shape index (κ3) is 3.93. The predicted octanol–water partition coefficient (Wildman–Crippen LogP) is 3.45. The molecule has 162 valence electrons. The Balaban J connectivity index is 2.16. The molecule has 1 aliphatic heterocycles. The van der Waals surface area contributed by atoms with Crippen LogP contribution in [0.5, 0.6) is 0 Å². The number of imide groups is 1. The molecule has 0 saturated heterocycles. The van der Waals surface area contributed by atoms with Crippen molar-refractivity contribution in [1.82, 2.24) is 4.90 Å². The van der Waals surface area contributed by atoms with E-state index in [0.717, 1.165) is 25.3 Å². The van der Waals surface area contributed by atoms with Crippen molar-refractivity contribution in [2.24, 2.45) is 0 Å². The van der Waals surface area contributed by atoms with E-state index in [1.54, 1.807) is 0 Å². The van der Waals surface area contributed by atoms with Gasteiger partial charge in [-0.1, -0.05) is 30.3 Å². The lowest BCUT2D eigenvalue weighted by Crippen LogP contribution is -2.58. The number of ether oxygens (including phenoxy) is 1. The highest BCUT2D eigenvalue weighted by atomic mass is 35.5. The van der Waals surface area contributed by atoms with Crippen LogP contribution in [0.25, 0.3) is 0 Å². The van der Waals surface area contributed by atoms with E-state index in [2.05, 4.69) is 0 Å². The number of halogens is 4. The molecule has 0 saturated carbocycles. The van der Waals surface area contributed by atoms with E-state index in [4.69, 9.17) is 16.3 Å². The third-order valence-electron chi connectivity index (χ3n) is 5.01. The number of benzene rings is 2. The quantitative estimate of drug-likeness (QED) is 0.300. The molecule has 0 spiro atoms. The van der Waals surface area contributed by atoms with Gasteiger partial charge in [0.1, 0.15) is 0 Å². The molecule has 1 unspecified atom stereocenters. The van der Waals surface area contributed by atoms with Gasteiger partial charge in [0.15, 0.2) is 5.41 Å². The summed E-state index contributed by atoms with van der Waals surface area (Å²) in [6.45, 7) is -0.550. The summed E-state index contributed by atoms with van der Waals surface area (Å²) in [5.41, 5.74) is -3.30. The smallest absolute Gasteiger partial charge is 0.416 e. The number of rotatable bonds is 5. The molecule has 1 heterocycles. The zero-order valence-corrected chi connectivity index (χ0v) is 16.8. The van der Waals surface area contributed by atoms with E-state index < -0.39 is 53.1 Å². The fourth-order valence-corrected chi connectivity index (χ4v) is 3.82. The summed E-state index contributed by atoms with van der Waals surface area (Å²) in [7, 11) is 1.01. The van der Waals surface area contributed by atoms with Crippen LogP contribution in [0.2, 0.25) is 0 Å². The van der Waals surface area contributed by atoms with E-state index in [0.29, 0.717) is 4.90 Å². The number of esters is 1. The van der Waals surface area contributed by atoms with Crippen LogP contribution in [0.4, 0.5) is 13.2 Å². The maximum Gasteiger partial charge on any atom is 0.416 e. The molecule has 10 heteroatoms. The highest BCUT2D eigenvalue weighted by molar-refractivity contribution is 6.64. The van der Waals surface area contributed by atoms with Gasteiger partial charge in [-0.15, -0.1) is 0 Å². The zero-order valence-electron chi connectivity index (χ0n) is 16.0. The minimum atomic E-state index is -4.63. The SMILES string of the molecule is COC(=O)C1(CC(=O)Cl)C(=O)N(Cc2cccc(C(F)(F)F)c2)C(=O)c2ccccc21. The number of fused-ring (bicyclic) bond motifs is 1. The van der Waals surface area contributed by atoms with Crippen LogP contribution < -0.4 is 0 Å². The molecule has 0 fully saturated rings. The maximum absolute atomic E-state index is 13.4. The molecule has 31 heavy (non-hydrogen) atoms. The summed E-state index contributed by atoms with van der Waals surface area (Å²) in [6, 6.07) is 9.74. The number of amides is 2. The fraction of sp³-hybridized carbons (Fsp3) is 0.238. The number of carbonyl (C=O) groups is 4. The number of carbonyl (C=O) groups excluding carboxylic acids is 4. The Kier molecular flexibility index (Phi) is 5.91. The molecule has 2 aromatic carbocycles. The Hall–Kier alpha value is -3.20. The van der Waals surface area contributed by atoms with Crippen LogP contribution in [-0.2, 0) is 37.3 Å². The highest BCUT2D eigenvalue weighted by Crippen LogP contribution is 2.40. The average molecular weight is 454 g/mol. The first kappa shape index (κ1) is 22.5. The molecular formula is C21H15ClF3NO5. The van der Waals surface area contributed by atoms with E-state index >= 15 is 0 Å². The number of methoxy groups -OCH3 is 1. The fourth-order valence-electron chi connectivity index (χ4n) is 3.62.